The quantitative estimate of drug-likeness (QED) is 0.602. The molecule has 0 bridgehead atoms. The van der Waals surface area contributed by atoms with Gasteiger partial charge >= 0.3 is 0 Å². The summed E-state index contributed by atoms with van der Waals surface area (Å²) in [6.45, 7) is 1.98. The van der Waals surface area contributed by atoms with Crippen LogP contribution in [0.25, 0.3) is 22.4 Å². The van der Waals surface area contributed by atoms with Crippen molar-refractivity contribution in [3.63, 3.8) is 0 Å². The van der Waals surface area contributed by atoms with Crippen LogP contribution in [0.15, 0.2) is 64.1 Å². The molecule has 0 saturated heterocycles. The number of hydrogen-bond acceptors (Lipinski definition) is 5. The van der Waals surface area contributed by atoms with Gasteiger partial charge in [0, 0.05) is 17.4 Å². The highest BCUT2D eigenvalue weighted by Gasteiger charge is 2.13. The Morgan fingerprint density at radius 2 is 2.00 bits per heavy atom. The van der Waals surface area contributed by atoms with E-state index in [-0.39, 0.29) is 5.56 Å². The van der Waals surface area contributed by atoms with Gasteiger partial charge in [-0.1, -0.05) is 18.2 Å². The minimum absolute atomic E-state index is 0.268. The average molecular weight is 318 g/mol. The van der Waals surface area contributed by atoms with E-state index in [4.69, 9.17) is 4.42 Å². The van der Waals surface area contributed by atoms with Crippen molar-refractivity contribution in [2.45, 2.75) is 6.92 Å². The Balaban J connectivity index is 1.84. The van der Waals surface area contributed by atoms with Crippen molar-refractivity contribution in [2.75, 3.05) is 5.32 Å². The largest absolute Gasteiger partial charge is 0.464 e. The number of aromatic amines is 1. The number of rotatable bonds is 3. The third kappa shape index (κ3) is 2.44. The summed E-state index contributed by atoms with van der Waals surface area (Å²) < 4.78 is 5.40. The van der Waals surface area contributed by atoms with Crippen LogP contribution < -0.4 is 10.9 Å². The van der Waals surface area contributed by atoms with Crippen molar-refractivity contribution in [2.24, 2.45) is 0 Å². The standard InChI is InChI=1S/C18H14N4O2/c1-11-5-2-3-6-13(11)20-18-21-16-15(17(23)22-18)12(8-9-19-16)14-7-4-10-24-14/h2-10H,1H3,(H2,19,20,21,22,23). The molecule has 1 aromatic carbocycles. The van der Waals surface area contributed by atoms with Gasteiger partial charge in [-0.3, -0.25) is 9.78 Å². The van der Waals surface area contributed by atoms with Gasteiger partial charge in [-0.25, -0.2) is 4.98 Å². The van der Waals surface area contributed by atoms with Crippen molar-refractivity contribution in [1.29, 1.82) is 0 Å². The predicted octanol–water partition coefficient (Wildman–Crippen LogP) is 3.63. The Morgan fingerprint density at radius 1 is 1.12 bits per heavy atom. The first-order valence-electron chi connectivity index (χ1n) is 7.48. The first-order chi connectivity index (χ1) is 11.7. The zero-order valence-corrected chi connectivity index (χ0v) is 12.9. The normalized spacial score (nSPS) is 10.9. The molecule has 4 aromatic rings. The first kappa shape index (κ1) is 14.2. The molecule has 3 aromatic heterocycles. The minimum Gasteiger partial charge on any atom is -0.464 e. The molecule has 0 spiro atoms. The van der Waals surface area contributed by atoms with Crippen LogP contribution >= 0.6 is 0 Å². The van der Waals surface area contributed by atoms with Crippen LogP contribution in [0.5, 0.6) is 0 Å². The van der Waals surface area contributed by atoms with E-state index in [9.17, 15) is 4.79 Å². The molecule has 0 radical (unpaired) electrons. The van der Waals surface area contributed by atoms with E-state index in [2.05, 4.69) is 20.3 Å². The molecule has 0 amide bonds. The third-order valence-electron chi connectivity index (χ3n) is 3.79. The smallest absolute Gasteiger partial charge is 0.262 e. The SMILES string of the molecule is Cc1ccccc1Nc1nc2nccc(-c3ccco3)c2c(=O)[nH]1. The lowest BCUT2D eigenvalue weighted by Gasteiger charge is -2.09. The molecular weight excluding hydrogens is 304 g/mol. The van der Waals surface area contributed by atoms with Crippen LogP contribution in [0.3, 0.4) is 0 Å². The van der Waals surface area contributed by atoms with Gasteiger partial charge in [0.2, 0.25) is 5.95 Å². The number of anilines is 2. The van der Waals surface area contributed by atoms with E-state index in [1.54, 1.807) is 30.7 Å². The number of aromatic nitrogens is 3. The second kappa shape index (κ2) is 5.66. The van der Waals surface area contributed by atoms with E-state index in [1.165, 1.54) is 0 Å². The number of furan rings is 1. The number of para-hydroxylation sites is 1. The zero-order valence-electron chi connectivity index (χ0n) is 12.9. The van der Waals surface area contributed by atoms with Gasteiger partial charge in [0.15, 0.2) is 5.65 Å². The van der Waals surface area contributed by atoms with Gasteiger partial charge in [0.1, 0.15) is 5.76 Å². The second-order valence-electron chi connectivity index (χ2n) is 5.39. The molecule has 0 unspecified atom stereocenters. The highest BCUT2D eigenvalue weighted by Crippen LogP contribution is 2.25. The molecule has 0 aliphatic rings. The molecule has 118 valence electrons. The molecule has 0 atom stereocenters. The monoisotopic (exact) mass is 318 g/mol. The number of nitrogens with one attached hydrogen (secondary N) is 2. The Bertz CT molecular complexity index is 1070. The molecule has 0 saturated carbocycles. The maximum atomic E-state index is 12.6. The summed E-state index contributed by atoms with van der Waals surface area (Å²) in [4.78, 5) is 24.0. The number of hydrogen-bond donors (Lipinski definition) is 2. The summed E-state index contributed by atoms with van der Waals surface area (Å²) >= 11 is 0. The van der Waals surface area contributed by atoms with Gasteiger partial charge < -0.3 is 9.73 Å². The van der Waals surface area contributed by atoms with Gasteiger partial charge in [-0.15, -0.1) is 0 Å². The zero-order chi connectivity index (χ0) is 16.5. The van der Waals surface area contributed by atoms with Crippen molar-refractivity contribution >= 4 is 22.7 Å². The molecular formula is C18H14N4O2. The molecule has 0 aliphatic heterocycles. The van der Waals surface area contributed by atoms with Crippen LogP contribution in [-0.4, -0.2) is 15.0 Å². The number of benzene rings is 1. The number of fused-ring (bicyclic) bond motifs is 1. The van der Waals surface area contributed by atoms with Crippen molar-refractivity contribution in [3.8, 4) is 11.3 Å². The lowest BCUT2D eigenvalue weighted by atomic mass is 10.1. The Hall–Kier alpha value is -3.41. The number of nitrogens with zero attached hydrogens (tertiary/aromatic N) is 2. The maximum Gasteiger partial charge on any atom is 0.262 e. The number of pyridine rings is 1. The van der Waals surface area contributed by atoms with E-state index < -0.39 is 0 Å². The van der Waals surface area contributed by atoms with Crippen LogP contribution in [0.2, 0.25) is 0 Å². The Morgan fingerprint density at radius 3 is 2.79 bits per heavy atom. The molecule has 6 nitrogen and oxygen atoms in total. The van der Waals surface area contributed by atoms with Crippen LogP contribution in [-0.2, 0) is 0 Å². The lowest BCUT2D eigenvalue weighted by Crippen LogP contribution is -2.13. The molecule has 2 N–H and O–H groups in total. The molecule has 6 heteroatoms. The molecule has 0 fully saturated rings. The maximum absolute atomic E-state index is 12.6. The Kier molecular flexibility index (Phi) is 3.35. The van der Waals surface area contributed by atoms with E-state index in [0.717, 1.165) is 11.3 Å². The fourth-order valence-electron chi connectivity index (χ4n) is 2.60. The van der Waals surface area contributed by atoms with E-state index in [0.29, 0.717) is 28.3 Å². The summed E-state index contributed by atoms with van der Waals surface area (Å²) in [5.74, 6) is 0.959. The van der Waals surface area contributed by atoms with Crippen LogP contribution in [0.4, 0.5) is 11.6 Å². The van der Waals surface area contributed by atoms with Gasteiger partial charge in [0.25, 0.3) is 5.56 Å². The number of aryl methyl sites for hydroxylation is 1. The predicted molar refractivity (Wildman–Crippen MR) is 92.3 cm³/mol. The highest BCUT2D eigenvalue weighted by atomic mass is 16.3. The fourth-order valence-corrected chi connectivity index (χ4v) is 2.60. The second-order valence-corrected chi connectivity index (χ2v) is 5.39. The fraction of sp³-hybridized carbons (Fsp3) is 0.0556. The molecule has 3 heterocycles. The van der Waals surface area contributed by atoms with Crippen LogP contribution in [0.1, 0.15) is 5.56 Å². The van der Waals surface area contributed by atoms with E-state index >= 15 is 0 Å². The topological polar surface area (TPSA) is 83.8 Å². The molecule has 0 aliphatic carbocycles. The van der Waals surface area contributed by atoms with E-state index in [1.807, 2.05) is 31.2 Å². The van der Waals surface area contributed by atoms with Gasteiger partial charge in [-0.2, -0.15) is 4.98 Å². The summed E-state index contributed by atoms with van der Waals surface area (Å²) in [6.07, 6.45) is 3.18. The summed E-state index contributed by atoms with van der Waals surface area (Å²) in [5, 5.41) is 3.53. The lowest BCUT2D eigenvalue weighted by molar-refractivity contribution is 0.583. The summed E-state index contributed by atoms with van der Waals surface area (Å²) in [7, 11) is 0. The van der Waals surface area contributed by atoms with Crippen molar-refractivity contribution < 1.29 is 4.42 Å². The van der Waals surface area contributed by atoms with Crippen LogP contribution in [0, 0.1) is 6.92 Å². The minimum atomic E-state index is -0.268. The highest BCUT2D eigenvalue weighted by molar-refractivity contribution is 5.90. The third-order valence-corrected chi connectivity index (χ3v) is 3.79. The average Bonchev–Trinajstić information content (AvgIpc) is 3.11. The van der Waals surface area contributed by atoms with Gasteiger partial charge in [0.05, 0.1) is 11.6 Å². The van der Waals surface area contributed by atoms with Gasteiger partial charge in [-0.05, 0) is 36.8 Å². The van der Waals surface area contributed by atoms with Crippen molar-refractivity contribution in [3.05, 3.63) is 70.8 Å². The van der Waals surface area contributed by atoms with Crippen molar-refractivity contribution in [1.82, 2.24) is 15.0 Å². The first-order valence-corrected chi connectivity index (χ1v) is 7.48. The molecule has 24 heavy (non-hydrogen) atoms. The molecule has 4 rings (SSSR count). The summed E-state index contributed by atoms with van der Waals surface area (Å²) in [6, 6.07) is 13.1. The summed E-state index contributed by atoms with van der Waals surface area (Å²) in [5.41, 5.74) is 2.69. The number of H-pyrrole nitrogens is 1. The Labute approximate surface area is 137 Å².